The molecule has 0 atom stereocenters. The van der Waals surface area contributed by atoms with Crippen molar-refractivity contribution in [3.63, 3.8) is 0 Å². The number of hydrogen-bond donors (Lipinski definition) is 3. The van der Waals surface area contributed by atoms with E-state index in [0.29, 0.717) is 0 Å². The Balaban J connectivity index is -0.0000000383. The van der Waals surface area contributed by atoms with Gasteiger partial charge in [0.15, 0.2) is 0 Å². The molecule has 9 N–H and O–H groups in total. The van der Waals surface area contributed by atoms with Gasteiger partial charge >= 0.3 is 0 Å². The number of carboxylic acid groups (broad SMARTS) is 2. The number of rotatable bonds is 0. The first-order valence-corrected chi connectivity index (χ1v) is 2.48. The van der Waals surface area contributed by atoms with Crippen LogP contribution in [-0.2, 0) is 0 Å². The van der Waals surface area contributed by atoms with Gasteiger partial charge in [0.1, 0.15) is 0 Å². The summed E-state index contributed by atoms with van der Waals surface area (Å²) in [7, 11) is -4.94. The normalized spacial score (nSPS) is 7.64. The van der Waals surface area contributed by atoms with E-state index in [0.717, 1.165) is 0 Å². The first kappa shape index (κ1) is 22.4. The first-order valence-electron chi connectivity index (χ1n) is 1.25. The van der Waals surface area contributed by atoms with Crippen molar-refractivity contribution in [2.45, 2.75) is 0 Å². The van der Waals surface area contributed by atoms with E-state index in [1.165, 1.54) is 0 Å². The minimum absolute atomic E-state index is 0. The summed E-state index contributed by atoms with van der Waals surface area (Å²) in [6, 6.07) is 0. The maximum atomic E-state index is 8.49. The molecule has 0 spiro atoms. The van der Waals surface area contributed by atoms with Gasteiger partial charge in [0.2, 0.25) is 6.16 Å². The largest absolute Gasteiger partial charge is 0.565 e. The second-order valence-corrected chi connectivity index (χ2v) is 1.40. The maximum absolute atomic E-state index is 8.49. The van der Waals surface area contributed by atoms with Crippen molar-refractivity contribution in [2.75, 3.05) is 0 Å². The molecule has 0 aromatic heterocycles. The van der Waals surface area contributed by atoms with Gasteiger partial charge in [-0.2, -0.15) is 0 Å². The van der Waals surface area contributed by atoms with Gasteiger partial charge in [0.05, 0.1) is 0 Å². The van der Waals surface area contributed by atoms with Crippen LogP contribution < -0.4 is 36.0 Å². The van der Waals surface area contributed by atoms with Crippen LogP contribution in [0.5, 0.6) is 0 Å². The maximum Gasteiger partial charge on any atom is 0.249 e. The highest BCUT2D eigenvalue weighted by molar-refractivity contribution is 5.50. The zero-order chi connectivity index (χ0) is 8.08. The Hall–Kier alpha value is -0.680. The molecule has 9 nitrogen and oxygen atoms in total. The summed E-state index contributed by atoms with van der Waals surface area (Å²) >= 11 is 0. The van der Waals surface area contributed by atoms with Gasteiger partial charge in [0, 0.05) is 0 Å². The van der Waals surface area contributed by atoms with E-state index in [2.05, 4.69) is 0 Å². The average Bonchev–Trinajstić information content (AvgIpc) is 1.19. The Kier molecular flexibility index (Phi) is 19.0. The zero-order valence-electron chi connectivity index (χ0n) is 5.77. The first-order chi connectivity index (χ1) is 3.73. The third-order valence-corrected chi connectivity index (χ3v) is 0. The number of quaternary nitrogens is 2. The molecular weight excluding hydrogens is 187 g/mol. The molecule has 0 rings (SSSR count). The topological polar surface area (TPSA) is 226 Å². The van der Waals surface area contributed by atoms with Gasteiger partial charge in [0.25, 0.3) is 0 Å². The molecule has 0 bridgehead atoms. The van der Waals surface area contributed by atoms with E-state index < -0.39 is 16.4 Å². The second-order valence-electron chi connectivity index (χ2n) is 0.644. The lowest BCUT2D eigenvalue weighted by atomic mass is 11.5. The summed E-state index contributed by atoms with van der Waals surface area (Å²) in [5.74, 6) is 0. The molecule has 11 heavy (non-hydrogen) atoms. The van der Waals surface area contributed by atoms with Crippen LogP contribution in [0.3, 0.4) is 0 Å². The number of hydrogen-bond acceptors (Lipinski definition) is 6. The Morgan fingerprint density at radius 2 is 1.09 bits per heavy atom. The summed E-state index contributed by atoms with van der Waals surface area (Å²) in [5.41, 5.74) is 0. The van der Waals surface area contributed by atoms with Crippen LogP contribution in [0.2, 0.25) is 0 Å². The lowest BCUT2D eigenvalue weighted by Gasteiger charge is -2.17. The van der Waals surface area contributed by atoms with Crippen LogP contribution >= 0.6 is 0 Å². The van der Waals surface area contributed by atoms with Crippen molar-refractivity contribution in [3.8, 4) is 0 Å². The molecule has 10 heteroatoms. The molecule has 0 aromatic rings. The van der Waals surface area contributed by atoms with Crippen molar-refractivity contribution < 1.29 is 43.9 Å². The van der Waals surface area contributed by atoms with Crippen LogP contribution in [0.25, 0.3) is 0 Å². The smallest absolute Gasteiger partial charge is 0.249 e. The third kappa shape index (κ3) is 1080. The van der Waals surface area contributed by atoms with E-state index >= 15 is 0 Å². The molecule has 0 unspecified atom stereocenters. The van der Waals surface area contributed by atoms with Crippen molar-refractivity contribution in [2.24, 2.45) is 0 Å². The van der Waals surface area contributed by atoms with Gasteiger partial charge in [-0.15, -0.1) is 10.2 Å². The lowest BCUT2D eigenvalue weighted by Crippen LogP contribution is -2.68. The zero-order valence-corrected chi connectivity index (χ0v) is 6.53. The molecule has 0 radical (unpaired) electrons. The fourth-order valence-corrected chi connectivity index (χ4v) is 0. The van der Waals surface area contributed by atoms with Gasteiger partial charge in [-0.05, 0) is 0 Å². The lowest BCUT2D eigenvalue weighted by molar-refractivity contribution is -2.00. The molecule has 0 aliphatic rings. The Morgan fingerprint density at radius 1 is 1.09 bits per heavy atom. The van der Waals surface area contributed by atoms with Crippen LogP contribution in [0.4, 0.5) is 4.79 Å². The highest BCUT2D eigenvalue weighted by atomic mass is 35.7. The summed E-state index contributed by atoms with van der Waals surface area (Å²) in [6.45, 7) is 0. The van der Waals surface area contributed by atoms with E-state index in [4.69, 9.17) is 33.6 Å². The molecule has 0 aliphatic carbocycles. The molecule has 0 saturated carbocycles. The monoisotopic (exact) mass is 196 g/mol. The third-order valence-electron chi connectivity index (χ3n) is 0. The van der Waals surface area contributed by atoms with Crippen LogP contribution in [0, 0.1) is 10.2 Å². The summed E-state index contributed by atoms with van der Waals surface area (Å²) in [4.78, 5) is 8.44. The van der Waals surface area contributed by atoms with Crippen molar-refractivity contribution in [1.29, 1.82) is 0 Å². The Labute approximate surface area is 63.4 Å². The minimum atomic E-state index is -4.94. The number of carbonyl (C=O) groups is 1. The summed E-state index contributed by atoms with van der Waals surface area (Å²) in [5, 5.41) is 15.3. The molecule has 0 heterocycles. The predicted molar refractivity (Wildman–Crippen MR) is 20.0 cm³/mol. The van der Waals surface area contributed by atoms with Crippen LogP contribution in [-0.4, -0.2) is 11.3 Å². The number of halogens is 1. The minimum Gasteiger partial charge on any atom is -0.565 e. The fourth-order valence-electron chi connectivity index (χ4n) is 0. The van der Waals surface area contributed by atoms with Gasteiger partial charge in [-0.25, -0.2) is 18.6 Å². The molecule has 0 amide bonds. The standard InChI is InChI=1S/CH2O3.ClHO4.2H3N/c2-1(3)4;2-1(3,4)5;;/h(H2,2,3,4);(H,2,3,4,5);2*1H3. The summed E-state index contributed by atoms with van der Waals surface area (Å²) < 4.78 is 34.0. The van der Waals surface area contributed by atoms with Gasteiger partial charge in [-0.1, -0.05) is 0 Å². The predicted octanol–water partition coefficient (Wildman–Crippen LogP) is -5.12. The Bertz CT molecular complexity index is 78.9. The Morgan fingerprint density at radius 3 is 1.09 bits per heavy atom. The highest BCUT2D eigenvalue weighted by Crippen LogP contribution is 1.49. The fraction of sp³-hybridized carbons (Fsp3) is 0. The van der Waals surface area contributed by atoms with Crippen LogP contribution in [0.15, 0.2) is 0 Å². The van der Waals surface area contributed by atoms with E-state index in [9.17, 15) is 0 Å². The summed E-state index contributed by atoms with van der Waals surface area (Å²) in [6.07, 6.45) is -2.08. The van der Waals surface area contributed by atoms with Crippen molar-refractivity contribution >= 4 is 6.16 Å². The van der Waals surface area contributed by atoms with Gasteiger partial charge in [-0.3, -0.25) is 0 Å². The van der Waals surface area contributed by atoms with E-state index in [1.54, 1.807) is 0 Å². The molecule has 0 fully saturated rings. The molecule has 0 saturated heterocycles. The SMILES string of the molecule is O=C([O-])O.[NH4+].[NH4+].[O-][Cl+3]([O-])([O-])[O-]. The molecular formula is CH9ClN2O7. The van der Waals surface area contributed by atoms with Crippen molar-refractivity contribution in [3.05, 3.63) is 0 Å². The molecule has 0 aromatic carbocycles. The molecule has 0 aliphatic heterocycles. The average molecular weight is 197 g/mol. The molecule has 72 valence electrons. The van der Waals surface area contributed by atoms with Crippen molar-refractivity contribution in [1.82, 2.24) is 12.3 Å². The van der Waals surface area contributed by atoms with Gasteiger partial charge < -0.3 is 27.3 Å². The quantitative estimate of drug-likeness (QED) is 0.341. The van der Waals surface area contributed by atoms with E-state index in [1.807, 2.05) is 0 Å². The highest BCUT2D eigenvalue weighted by Gasteiger charge is 1.84. The van der Waals surface area contributed by atoms with E-state index in [-0.39, 0.29) is 12.3 Å². The second kappa shape index (κ2) is 9.32. The van der Waals surface area contributed by atoms with Crippen LogP contribution in [0.1, 0.15) is 0 Å².